The highest BCUT2D eigenvalue weighted by Gasteiger charge is 2.28. The molecule has 0 N–H and O–H groups in total. The molecule has 3 rings (SSSR count). The van der Waals surface area contributed by atoms with Crippen LogP contribution in [0.2, 0.25) is 0 Å². The smallest absolute Gasteiger partial charge is 0.232 e. The summed E-state index contributed by atoms with van der Waals surface area (Å²) in [6, 6.07) is 2.47. The molecule has 0 unspecified atom stereocenters. The summed E-state index contributed by atoms with van der Waals surface area (Å²) in [5, 5.41) is 8.43. The van der Waals surface area contributed by atoms with Crippen LogP contribution in [0.3, 0.4) is 0 Å². The van der Waals surface area contributed by atoms with Gasteiger partial charge in [-0.3, -0.25) is 9.58 Å². The molecule has 21 heavy (non-hydrogen) atoms. The Morgan fingerprint density at radius 3 is 2.90 bits per heavy atom. The van der Waals surface area contributed by atoms with Gasteiger partial charge >= 0.3 is 0 Å². The van der Waals surface area contributed by atoms with Crippen molar-refractivity contribution in [3.63, 3.8) is 0 Å². The Morgan fingerprint density at radius 2 is 2.24 bits per heavy atom. The number of rotatable bonds is 4. The summed E-state index contributed by atoms with van der Waals surface area (Å²) >= 11 is 0. The third-order valence-corrected chi connectivity index (χ3v) is 3.91. The molecule has 1 aliphatic rings. The molecule has 114 valence electrons. The lowest BCUT2D eigenvalue weighted by Crippen LogP contribution is -2.33. The first-order valence-electron chi connectivity index (χ1n) is 7.57. The van der Waals surface area contributed by atoms with Crippen molar-refractivity contribution in [1.82, 2.24) is 24.8 Å². The molecule has 0 aliphatic carbocycles. The molecular formula is C15H23N5O. The topological polar surface area (TPSA) is 60.0 Å². The van der Waals surface area contributed by atoms with Crippen LogP contribution in [0.5, 0.6) is 0 Å². The zero-order chi connectivity index (χ0) is 14.9. The van der Waals surface area contributed by atoms with Crippen LogP contribution in [0.4, 0.5) is 0 Å². The zero-order valence-electron chi connectivity index (χ0n) is 13.0. The van der Waals surface area contributed by atoms with E-state index in [1.54, 1.807) is 0 Å². The van der Waals surface area contributed by atoms with Gasteiger partial charge in [0.25, 0.3) is 0 Å². The summed E-state index contributed by atoms with van der Waals surface area (Å²) in [7, 11) is 0. The first kappa shape index (κ1) is 14.3. The van der Waals surface area contributed by atoms with E-state index in [1.807, 2.05) is 23.1 Å². The Hall–Kier alpha value is -1.69. The maximum atomic E-state index is 5.38. The molecule has 0 bridgehead atoms. The molecule has 1 aliphatic heterocycles. The first-order chi connectivity index (χ1) is 10.0. The summed E-state index contributed by atoms with van der Waals surface area (Å²) < 4.78 is 7.37. The average Bonchev–Trinajstić information content (AvgIpc) is 3.12. The molecule has 0 radical (unpaired) electrons. The van der Waals surface area contributed by atoms with Crippen molar-refractivity contribution in [1.29, 1.82) is 0 Å². The molecule has 0 spiro atoms. The van der Waals surface area contributed by atoms with Gasteiger partial charge < -0.3 is 4.52 Å². The minimum atomic E-state index is -0.0925. The lowest BCUT2D eigenvalue weighted by Gasteiger charge is -2.22. The van der Waals surface area contributed by atoms with Gasteiger partial charge in [0, 0.05) is 23.9 Å². The summed E-state index contributed by atoms with van der Waals surface area (Å²) in [5.41, 5.74) is -0.0925. The highest BCUT2D eigenvalue weighted by molar-refractivity contribution is 4.99. The molecule has 3 heterocycles. The van der Waals surface area contributed by atoms with Crippen molar-refractivity contribution in [2.24, 2.45) is 0 Å². The SMILES string of the molecule is CC(C)(C)c1nc(CN2CCC[C@H]2Cn2cccn2)no1. The normalized spacial score (nSPS) is 20.2. The second-order valence-corrected chi connectivity index (χ2v) is 6.76. The van der Waals surface area contributed by atoms with E-state index < -0.39 is 0 Å². The average molecular weight is 289 g/mol. The maximum Gasteiger partial charge on any atom is 0.232 e. The van der Waals surface area contributed by atoms with E-state index in [0.717, 1.165) is 25.5 Å². The van der Waals surface area contributed by atoms with Crippen molar-refractivity contribution >= 4 is 0 Å². The molecule has 6 heteroatoms. The van der Waals surface area contributed by atoms with E-state index in [0.29, 0.717) is 11.9 Å². The maximum absolute atomic E-state index is 5.38. The second kappa shape index (κ2) is 5.60. The van der Waals surface area contributed by atoms with E-state index in [9.17, 15) is 0 Å². The monoisotopic (exact) mass is 289 g/mol. The van der Waals surface area contributed by atoms with E-state index in [4.69, 9.17) is 4.52 Å². The molecule has 0 amide bonds. The van der Waals surface area contributed by atoms with Crippen LogP contribution in [0.25, 0.3) is 0 Å². The Kier molecular flexibility index (Phi) is 3.80. The fraction of sp³-hybridized carbons (Fsp3) is 0.667. The largest absolute Gasteiger partial charge is 0.339 e. The fourth-order valence-electron chi connectivity index (χ4n) is 2.74. The van der Waals surface area contributed by atoms with Crippen LogP contribution in [0.1, 0.15) is 45.3 Å². The Morgan fingerprint density at radius 1 is 1.38 bits per heavy atom. The van der Waals surface area contributed by atoms with Gasteiger partial charge in [0.2, 0.25) is 5.89 Å². The van der Waals surface area contributed by atoms with Crippen LogP contribution < -0.4 is 0 Å². The van der Waals surface area contributed by atoms with E-state index in [1.165, 1.54) is 12.8 Å². The zero-order valence-corrected chi connectivity index (χ0v) is 13.0. The quantitative estimate of drug-likeness (QED) is 0.864. The highest BCUT2D eigenvalue weighted by Crippen LogP contribution is 2.23. The third-order valence-electron chi connectivity index (χ3n) is 3.91. The number of likely N-dealkylation sites (tertiary alicyclic amines) is 1. The van der Waals surface area contributed by atoms with Gasteiger partial charge in [-0.05, 0) is 25.5 Å². The second-order valence-electron chi connectivity index (χ2n) is 6.76. The standard InChI is InChI=1S/C15H23N5O/c1-15(2,3)14-17-13(18-21-14)11-19-8-4-6-12(19)10-20-9-5-7-16-20/h5,7,9,12H,4,6,8,10-11H2,1-3H3/t12-/m0/s1. The van der Waals surface area contributed by atoms with Gasteiger partial charge in [0.1, 0.15) is 0 Å². The molecule has 6 nitrogen and oxygen atoms in total. The van der Waals surface area contributed by atoms with Crippen molar-refractivity contribution in [2.45, 2.75) is 58.2 Å². The lowest BCUT2D eigenvalue weighted by molar-refractivity contribution is 0.211. The van der Waals surface area contributed by atoms with Crippen LogP contribution in [-0.2, 0) is 18.5 Å². The Bertz CT molecular complexity index is 569. The van der Waals surface area contributed by atoms with Gasteiger partial charge in [-0.15, -0.1) is 0 Å². The summed E-state index contributed by atoms with van der Waals surface area (Å²) in [6.45, 7) is 9.02. The number of hydrogen-bond acceptors (Lipinski definition) is 5. The van der Waals surface area contributed by atoms with E-state index in [-0.39, 0.29) is 5.41 Å². The van der Waals surface area contributed by atoms with E-state index in [2.05, 4.69) is 40.9 Å². The third kappa shape index (κ3) is 3.32. The van der Waals surface area contributed by atoms with Crippen LogP contribution in [0, 0.1) is 0 Å². The summed E-state index contributed by atoms with van der Waals surface area (Å²) in [5.74, 6) is 1.49. The molecule has 0 aromatic carbocycles. The molecule has 1 fully saturated rings. The molecule has 0 saturated carbocycles. The minimum absolute atomic E-state index is 0.0925. The molecule has 1 saturated heterocycles. The predicted molar refractivity (Wildman–Crippen MR) is 78.7 cm³/mol. The van der Waals surface area contributed by atoms with Crippen molar-refractivity contribution in [3.8, 4) is 0 Å². The van der Waals surface area contributed by atoms with Crippen LogP contribution >= 0.6 is 0 Å². The molecule has 2 aromatic rings. The van der Waals surface area contributed by atoms with Crippen LogP contribution in [0.15, 0.2) is 23.0 Å². The molecular weight excluding hydrogens is 266 g/mol. The van der Waals surface area contributed by atoms with Gasteiger partial charge in [0.15, 0.2) is 5.82 Å². The molecule has 2 aromatic heterocycles. The van der Waals surface area contributed by atoms with E-state index >= 15 is 0 Å². The number of aromatic nitrogens is 4. The van der Waals surface area contributed by atoms with Gasteiger partial charge in [0.05, 0.1) is 13.1 Å². The molecule has 1 atom stereocenters. The summed E-state index contributed by atoms with van der Waals surface area (Å²) in [4.78, 5) is 6.96. The van der Waals surface area contributed by atoms with Crippen LogP contribution in [-0.4, -0.2) is 37.4 Å². The van der Waals surface area contributed by atoms with Gasteiger partial charge in [-0.2, -0.15) is 10.1 Å². The van der Waals surface area contributed by atoms with Gasteiger partial charge in [-0.25, -0.2) is 0 Å². The van der Waals surface area contributed by atoms with Crippen molar-refractivity contribution < 1.29 is 4.52 Å². The van der Waals surface area contributed by atoms with Crippen molar-refractivity contribution in [3.05, 3.63) is 30.2 Å². The predicted octanol–water partition coefficient (Wildman–Crippen LogP) is 2.23. The highest BCUT2D eigenvalue weighted by atomic mass is 16.5. The van der Waals surface area contributed by atoms with Gasteiger partial charge in [-0.1, -0.05) is 25.9 Å². The summed E-state index contributed by atoms with van der Waals surface area (Å²) in [6.07, 6.45) is 6.26. The lowest BCUT2D eigenvalue weighted by atomic mass is 9.97. The minimum Gasteiger partial charge on any atom is -0.339 e. The van der Waals surface area contributed by atoms with Crippen molar-refractivity contribution in [2.75, 3.05) is 6.54 Å². The number of hydrogen-bond donors (Lipinski definition) is 0. The Labute approximate surface area is 125 Å². The fourth-order valence-corrected chi connectivity index (χ4v) is 2.74. The Balaban J connectivity index is 1.64. The number of nitrogens with zero attached hydrogens (tertiary/aromatic N) is 5. The first-order valence-corrected chi connectivity index (χ1v) is 7.57.